The normalized spacial score (nSPS) is 22.0. The predicted octanol–water partition coefficient (Wildman–Crippen LogP) is 3.53. The zero-order valence-corrected chi connectivity index (χ0v) is 7.19. The minimum absolute atomic E-state index is 1.02. The van der Waals surface area contributed by atoms with Crippen LogP contribution in [0.4, 0.5) is 0 Å². The van der Waals surface area contributed by atoms with E-state index in [9.17, 15) is 0 Å². The van der Waals surface area contributed by atoms with E-state index in [0.717, 1.165) is 5.92 Å². The molecule has 0 atom stereocenters. The van der Waals surface area contributed by atoms with Crippen LogP contribution >= 0.6 is 0 Å². The van der Waals surface area contributed by atoms with Gasteiger partial charge in [-0.05, 0) is 26.2 Å². The molecule has 1 aliphatic rings. The quantitative estimate of drug-likeness (QED) is 0.512. The summed E-state index contributed by atoms with van der Waals surface area (Å²) in [5.74, 6) is 1.02. The van der Waals surface area contributed by atoms with Crippen LogP contribution in [0.2, 0.25) is 0 Å². The van der Waals surface area contributed by atoms with Crippen molar-refractivity contribution >= 4 is 0 Å². The number of hydrogen-bond donors (Lipinski definition) is 0. The fraction of sp³-hybridized carbons (Fsp3) is 0.800. The number of hydrogen-bond acceptors (Lipinski definition) is 0. The summed E-state index contributed by atoms with van der Waals surface area (Å²) in [4.78, 5) is 0. The van der Waals surface area contributed by atoms with Gasteiger partial charge in [0, 0.05) is 0 Å². The molecule has 0 bridgehead atoms. The summed E-state index contributed by atoms with van der Waals surface area (Å²) in [5, 5.41) is 0. The molecule has 0 amide bonds. The van der Waals surface area contributed by atoms with E-state index < -0.39 is 0 Å². The molecule has 0 saturated heterocycles. The molecule has 1 fully saturated rings. The summed E-state index contributed by atoms with van der Waals surface area (Å²) in [6.45, 7) is 4.39. The molecule has 1 rings (SSSR count). The first-order valence-electron chi connectivity index (χ1n) is 4.44. The minimum Gasteiger partial charge on any atom is -0.0887 e. The van der Waals surface area contributed by atoms with E-state index >= 15 is 0 Å². The van der Waals surface area contributed by atoms with E-state index in [1.165, 1.54) is 32.1 Å². The van der Waals surface area contributed by atoms with Crippen LogP contribution in [-0.4, -0.2) is 0 Å². The van der Waals surface area contributed by atoms with Crippen LogP contribution in [-0.2, 0) is 0 Å². The highest BCUT2D eigenvalue weighted by atomic mass is 14.2. The Hall–Kier alpha value is -0.260. The van der Waals surface area contributed by atoms with E-state index in [0.29, 0.717) is 0 Å². The van der Waals surface area contributed by atoms with E-state index in [-0.39, 0.29) is 0 Å². The molecule has 0 aromatic heterocycles. The minimum atomic E-state index is 1.02. The molecule has 58 valence electrons. The molecule has 0 nitrogen and oxygen atoms in total. The molecule has 0 radical (unpaired) electrons. The molecular weight excluding hydrogens is 120 g/mol. The third-order valence-electron chi connectivity index (χ3n) is 2.58. The summed E-state index contributed by atoms with van der Waals surface area (Å²) in [7, 11) is 0. The van der Waals surface area contributed by atoms with Gasteiger partial charge in [0.05, 0.1) is 0 Å². The second-order valence-corrected chi connectivity index (χ2v) is 3.49. The Kier molecular flexibility index (Phi) is 2.98. The number of allylic oxidation sites excluding steroid dienone is 2. The molecule has 0 aromatic carbocycles. The monoisotopic (exact) mass is 138 g/mol. The summed E-state index contributed by atoms with van der Waals surface area (Å²) < 4.78 is 0. The summed E-state index contributed by atoms with van der Waals surface area (Å²) in [6, 6.07) is 0. The Morgan fingerprint density at radius 3 is 2.50 bits per heavy atom. The Balaban J connectivity index is 2.24. The van der Waals surface area contributed by atoms with E-state index in [1.807, 2.05) is 0 Å². The molecular formula is C10H18. The van der Waals surface area contributed by atoms with Gasteiger partial charge in [-0.15, -0.1) is 0 Å². The van der Waals surface area contributed by atoms with Gasteiger partial charge in [-0.1, -0.05) is 37.3 Å². The van der Waals surface area contributed by atoms with Gasteiger partial charge in [-0.25, -0.2) is 0 Å². The third kappa shape index (κ3) is 2.17. The molecule has 10 heavy (non-hydrogen) atoms. The largest absolute Gasteiger partial charge is 0.0887 e. The average Bonchev–Trinajstić information content (AvgIpc) is 2.40. The van der Waals surface area contributed by atoms with Crippen molar-refractivity contribution in [1.82, 2.24) is 0 Å². The molecule has 1 aliphatic carbocycles. The summed E-state index contributed by atoms with van der Waals surface area (Å²) in [5.41, 5.74) is 1.58. The van der Waals surface area contributed by atoms with Crippen LogP contribution < -0.4 is 0 Å². The topological polar surface area (TPSA) is 0 Å². The number of rotatable bonds is 2. The second kappa shape index (κ2) is 3.80. The lowest BCUT2D eigenvalue weighted by atomic mass is 9.99. The van der Waals surface area contributed by atoms with Gasteiger partial charge >= 0.3 is 0 Å². The first kappa shape index (κ1) is 7.84. The molecule has 0 aliphatic heterocycles. The smallest absolute Gasteiger partial charge is 0.0295 e. The fourth-order valence-electron chi connectivity index (χ4n) is 1.79. The van der Waals surface area contributed by atoms with Crippen LogP contribution in [0.3, 0.4) is 0 Å². The Bertz CT molecular complexity index is 116. The van der Waals surface area contributed by atoms with Crippen molar-refractivity contribution in [2.75, 3.05) is 0 Å². The lowest BCUT2D eigenvalue weighted by Crippen LogP contribution is -1.92. The van der Waals surface area contributed by atoms with Gasteiger partial charge in [0.1, 0.15) is 0 Å². The summed E-state index contributed by atoms with van der Waals surface area (Å²) in [6.07, 6.45) is 9.51. The first-order chi connectivity index (χ1) is 4.83. The van der Waals surface area contributed by atoms with Crippen LogP contribution in [0, 0.1) is 5.92 Å². The van der Waals surface area contributed by atoms with Crippen molar-refractivity contribution < 1.29 is 0 Å². The van der Waals surface area contributed by atoms with Gasteiger partial charge in [0.15, 0.2) is 0 Å². The van der Waals surface area contributed by atoms with Gasteiger partial charge < -0.3 is 0 Å². The molecule has 0 heterocycles. The molecule has 0 unspecified atom stereocenters. The molecule has 1 saturated carbocycles. The highest BCUT2D eigenvalue weighted by Gasteiger charge is 2.14. The van der Waals surface area contributed by atoms with Gasteiger partial charge in [0.2, 0.25) is 0 Å². The van der Waals surface area contributed by atoms with Crippen molar-refractivity contribution in [3.05, 3.63) is 11.6 Å². The van der Waals surface area contributed by atoms with Crippen molar-refractivity contribution in [2.24, 2.45) is 5.92 Å². The lowest BCUT2D eigenvalue weighted by Gasteiger charge is -2.07. The van der Waals surface area contributed by atoms with Crippen molar-refractivity contribution in [2.45, 2.75) is 46.0 Å². The predicted molar refractivity (Wildman–Crippen MR) is 46.0 cm³/mol. The van der Waals surface area contributed by atoms with E-state index in [2.05, 4.69) is 19.9 Å². The SMILES string of the molecule is C/C=C(\C)CC1CCCC1. The standard InChI is InChI=1S/C10H18/c1-3-9(2)8-10-6-4-5-7-10/h3,10H,4-8H2,1-2H3/b9-3+. The van der Waals surface area contributed by atoms with Crippen molar-refractivity contribution in [1.29, 1.82) is 0 Å². The van der Waals surface area contributed by atoms with Crippen LogP contribution in [0.15, 0.2) is 11.6 Å². The maximum Gasteiger partial charge on any atom is -0.0295 e. The van der Waals surface area contributed by atoms with Gasteiger partial charge in [-0.3, -0.25) is 0 Å². The lowest BCUT2D eigenvalue weighted by molar-refractivity contribution is 0.543. The summed E-state index contributed by atoms with van der Waals surface area (Å²) >= 11 is 0. The molecule has 0 N–H and O–H groups in total. The molecule has 0 heteroatoms. The fourth-order valence-corrected chi connectivity index (χ4v) is 1.79. The van der Waals surface area contributed by atoms with Crippen LogP contribution in [0.5, 0.6) is 0 Å². The molecule has 0 spiro atoms. The zero-order chi connectivity index (χ0) is 7.40. The third-order valence-corrected chi connectivity index (χ3v) is 2.58. The maximum atomic E-state index is 2.25. The van der Waals surface area contributed by atoms with Crippen LogP contribution in [0.1, 0.15) is 46.0 Å². The zero-order valence-electron chi connectivity index (χ0n) is 7.19. The maximum absolute atomic E-state index is 2.25. The van der Waals surface area contributed by atoms with E-state index in [4.69, 9.17) is 0 Å². The Labute approximate surface area is 64.3 Å². The van der Waals surface area contributed by atoms with Crippen LogP contribution in [0.25, 0.3) is 0 Å². The Morgan fingerprint density at radius 1 is 1.40 bits per heavy atom. The highest BCUT2D eigenvalue weighted by molar-refractivity contribution is 4.97. The average molecular weight is 138 g/mol. The van der Waals surface area contributed by atoms with E-state index in [1.54, 1.807) is 5.57 Å². The molecule has 0 aromatic rings. The second-order valence-electron chi connectivity index (χ2n) is 3.49. The highest BCUT2D eigenvalue weighted by Crippen LogP contribution is 2.29. The van der Waals surface area contributed by atoms with Crippen molar-refractivity contribution in [3.63, 3.8) is 0 Å². The van der Waals surface area contributed by atoms with Gasteiger partial charge in [0.25, 0.3) is 0 Å². The Morgan fingerprint density at radius 2 is 2.00 bits per heavy atom. The van der Waals surface area contributed by atoms with Crippen molar-refractivity contribution in [3.8, 4) is 0 Å². The first-order valence-corrected chi connectivity index (χ1v) is 4.44. The van der Waals surface area contributed by atoms with Gasteiger partial charge in [-0.2, -0.15) is 0 Å².